The lowest BCUT2D eigenvalue weighted by Gasteiger charge is -2.06. The normalized spacial score (nSPS) is 11.6. The fraction of sp³-hybridized carbons (Fsp3) is 0.0952. The Hall–Kier alpha value is -2.61. The van der Waals surface area contributed by atoms with Crippen LogP contribution in [0.3, 0.4) is 0 Å². The second kappa shape index (κ2) is 8.02. The third-order valence-electron chi connectivity index (χ3n) is 4.52. The number of rotatable bonds is 6. The van der Waals surface area contributed by atoms with Crippen molar-refractivity contribution in [2.75, 3.05) is 0 Å². The number of halogens is 1. The molecule has 0 aliphatic carbocycles. The highest BCUT2D eigenvalue weighted by molar-refractivity contribution is 7.91. The van der Waals surface area contributed by atoms with Gasteiger partial charge in [-0.25, -0.2) is 8.42 Å². The minimum absolute atomic E-state index is 0.0298. The number of sulfone groups is 1. The molecule has 148 valence electrons. The Balaban J connectivity index is 1.66. The molecule has 2 heterocycles. The lowest BCUT2D eigenvalue weighted by molar-refractivity contribution is -0.121. The van der Waals surface area contributed by atoms with E-state index in [4.69, 9.17) is 11.6 Å². The van der Waals surface area contributed by atoms with Crippen molar-refractivity contribution in [3.63, 3.8) is 0 Å². The molecule has 4 aromatic rings. The Labute approximate surface area is 177 Å². The first-order valence-corrected chi connectivity index (χ1v) is 11.6. The highest BCUT2D eigenvalue weighted by Crippen LogP contribution is 2.30. The van der Waals surface area contributed by atoms with Gasteiger partial charge in [-0.05, 0) is 41.8 Å². The molecule has 0 saturated heterocycles. The minimum atomic E-state index is -3.75. The molecule has 0 saturated carbocycles. The molecule has 0 aliphatic rings. The number of nitrogens with zero attached hydrogens (tertiary/aromatic N) is 1. The van der Waals surface area contributed by atoms with Gasteiger partial charge >= 0.3 is 0 Å². The number of para-hydroxylation sites is 1. The van der Waals surface area contributed by atoms with Gasteiger partial charge in [0.25, 0.3) is 0 Å². The van der Waals surface area contributed by atoms with Crippen LogP contribution in [0.1, 0.15) is 4.88 Å². The second-order valence-corrected chi connectivity index (χ2v) is 9.84. The lowest BCUT2D eigenvalue weighted by Crippen LogP contribution is -2.26. The monoisotopic (exact) mass is 444 g/mol. The van der Waals surface area contributed by atoms with E-state index >= 15 is 0 Å². The summed E-state index contributed by atoms with van der Waals surface area (Å²) in [6.07, 6.45) is 1.53. The number of carbonyl (C=O) groups is 1. The van der Waals surface area contributed by atoms with Crippen LogP contribution in [-0.2, 0) is 27.7 Å². The number of carbonyl (C=O) groups excluding carboxylic acids is 1. The summed E-state index contributed by atoms with van der Waals surface area (Å²) in [7, 11) is -3.75. The SMILES string of the molecule is O=C(Cn1cc(S(=O)(=O)c2ccc(Cl)cc2)c2ccccc21)NCc1cccs1. The Morgan fingerprint density at radius 2 is 1.79 bits per heavy atom. The Morgan fingerprint density at radius 1 is 1.03 bits per heavy atom. The van der Waals surface area contributed by atoms with Crippen LogP contribution in [0, 0.1) is 0 Å². The van der Waals surface area contributed by atoms with Crippen molar-refractivity contribution >= 4 is 49.6 Å². The molecule has 0 aliphatic heterocycles. The maximum atomic E-state index is 13.2. The zero-order valence-electron chi connectivity index (χ0n) is 15.2. The first-order chi connectivity index (χ1) is 13.9. The van der Waals surface area contributed by atoms with Crippen molar-refractivity contribution in [3.05, 3.63) is 82.1 Å². The van der Waals surface area contributed by atoms with Gasteiger partial charge in [0.2, 0.25) is 15.7 Å². The molecule has 1 N–H and O–H groups in total. The number of fused-ring (bicyclic) bond motifs is 1. The second-order valence-electron chi connectivity index (χ2n) is 6.45. The first-order valence-electron chi connectivity index (χ1n) is 8.83. The number of thiophene rings is 1. The maximum Gasteiger partial charge on any atom is 0.240 e. The number of aromatic nitrogens is 1. The zero-order valence-corrected chi connectivity index (χ0v) is 17.6. The van der Waals surface area contributed by atoms with Crippen LogP contribution in [0.25, 0.3) is 10.9 Å². The average molecular weight is 445 g/mol. The molecular weight excluding hydrogens is 428 g/mol. The summed E-state index contributed by atoms with van der Waals surface area (Å²) in [5, 5.41) is 5.87. The van der Waals surface area contributed by atoms with Gasteiger partial charge in [0.15, 0.2) is 0 Å². The number of amides is 1. The fourth-order valence-corrected chi connectivity index (χ4v) is 5.36. The summed E-state index contributed by atoms with van der Waals surface area (Å²) in [6, 6.07) is 17.1. The predicted molar refractivity (Wildman–Crippen MR) is 115 cm³/mol. The third-order valence-corrected chi connectivity index (χ3v) is 7.44. The third kappa shape index (κ3) is 4.07. The molecule has 0 bridgehead atoms. The van der Waals surface area contributed by atoms with Crippen LogP contribution in [0.2, 0.25) is 5.02 Å². The molecule has 29 heavy (non-hydrogen) atoms. The molecule has 2 aromatic heterocycles. The molecular formula is C21H17ClN2O3S2. The van der Waals surface area contributed by atoms with Crippen LogP contribution >= 0.6 is 22.9 Å². The van der Waals surface area contributed by atoms with Crippen molar-refractivity contribution in [1.29, 1.82) is 0 Å². The van der Waals surface area contributed by atoms with Gasteiger partial charge in [0.1, 0.15) is 6.54 Å². The highest BCUT2D eigenvalue weighted by Gasteiger charge is 2.23. The van der Waals surface area contributed by atoms with Gasteiger partial charge < -0.3 is 9.88 Å². The molecule has 0 atom stereocenters. The van der Waals surface area contributed by atoms with E-state index < -0.39 is 9.84 Å². The van der Waals surface area contributed by atoms with Crippen molar-refractivity contribution in [3.8, 4) is 0 Å². The first kappa shape index (κ1) is 19.7. The van der Waals surface area contributed by atoms with Gasteiger partial charge in [-0.2, -0.15) is 0 Å². The van der Waals surface area contributed by atoms with E-state index in [1.54, 1.807) is 40.2 Å². The van der Waals surface area contributed by atoms with E-state index in [9.17, 15) is 13.2 Å². The predicted octanol–water partition coefficient (Wildman–Crippen LogP) is 4.51. The Bertz CT molecular complexity index is 1260. The summed E-state index contributed by atoms with van der Waals surface area (Å²) < 4.78 is 28.0. The maximum absolute atomic E-state index is 13.2. The Kier molecular flexibility index (Phi) is 5.45. The number of nitrogens with one attached hydrogen (secondary N) is 1. The van der Waals surface area contributed by atoms with Crippen molar-refractivity contribution < 1.29 is 13.2 Å². The van der Waals surface area contributed by atoms with Crippen LogP contribution in [0.15, 0.2) is 82.0 Å². The van der Waals surface area contributed by atoms with Gasteiger partial charge in [0.05, 0.1) is 16.3 Å². The van der Waals surface area contributed by atoms with Gasteiger partial charge in [-0.15, -0.1) is 11.3 Å². The van der Waals surface area contributed by atoms with Crippen molar-refractivity contribution in [2.24, 2.45) is 0 Å². The highest BCUT2D eigenvalue weighted by atomic mass is 35.5. The summed E-state index contributed by atoms with van der Waals surface area (Å²) in [5.74, 6) is -0.186. The summed E-state index contributed by atoms with van der Waals surface area (Å²) in [6.45, 7) is 0.480. The molecule has 1 amide bonds. The zero-order chi connectivity index (χ0) is 20.4. The fourth-order valence-electron chi connectivity index (χ4n) is 3.11. The number of benzene rings is 2. The molecule has 8 heteroatoms. The van der Waals surface area contributed by atoms with E-state index in [2.05, 4.69) is 5.32 Å². The number of hydrogen-bond donors (Lipinski definition) is 1. The van der Waals surface area contributed by atoms with Gasteiger partial charge in [-0.3, -0.25) is 4.79 Å². The van der Waals surface area contributed by atoms with Crippen LogP contribution < -0.4 is 5.32 Å². The Morgan fingerprint density at radius 3 is 2.52 bits per heavy atom. The van der Waals surface area contributed by atoms with Crippen LogP contribution in [-0.4, -0.2) is 18.9 Å². The van der Waals surface area contributed by atoms with Gasteiger partial charge in [0, 0.05) is 27.0 Å². The van der Waals surface area contributed by atoms with E-state index in [1.165, 1.54) is 18.3 Å². The standard InChI is InChI=1S/C21H17ClN2O3S2/c22-15-7-9-17(10-8-15)29(26,27)20-13-24(19-6-2-1-5-18(19)20)14-21(25)23-12-16-4-3-11-28-16/h1-11,13H,12,14H2,(H,23,25). The molecule has 5 nitrogen and oxygen atoms in total. The van der Waals surface area contributed by atoms with E-state index in [-0.39, 0.29) is 22.2 Å². The number of hydrogen-bond acceptors (Lipinski definition) is 4. The molecule has 4 rings (SSSR count). The van der Waals surface area contributed by atoms with Crippen molar-refractivity contribution in [2.45, 2.75) is 22.9 Å². The van der Waals surface area contributed by atoms with Gasteiger partial charge in [-0.1, -0.05) is 35.9 Å². The minimum Gasteiger partial charge on any atom is -0.350 e. The summed E-state index contributed by atoms with van der Waals surface area (Å²) in [5.41, 5.74) is 0.686. The van der Waals surface area contributed by atoms with E-state index in [0.29, 0.717) is 22.5 Å². The molecule has 0 radical (unpaired) electrons. The van der Waals surface area contributed by atoms with E-state index in [0.717, 1.165) is 4.88 Å². The topological polar surface area (TPSA) is 68.2 Å². The van der Waals surface area contributed by atoms with Crippen LogP contribution in [0.4, 0.5) is 0 Å². The van der Waals surface area contributed by atoms with Crippen molar-refractivity contribution in [1.82, 2.24) is 9.88 Å². The smallest absolute Gasteiger partial charge is 0.240 e. The summed E-state index contributed by atoms with van der Waals surface area (Å²) in [4.78, 5) is 13.8. The molecule has 0 unspecified atom stereocenters. The molecule has 2 aromatic carbocycles. The van der Waals surface area contributed by atoms with Crippen LogP contribution in [0.5, 0.6) is 0 Å². The molecule has 0 spiro atoms. The quantitative estimate of drug-likeness (QED) is 0.476. The van der Waals surface area contributed by atoms with E-state index in [1.807, 2.05) is 29.6 Å². The molecule has 0 fully saturated rings. The average Bonchev–Trinajstić information content (AvgIpc) is 3.35. The summed E-state index contributed by atoms with van der Waals surface area (Å²) >= 11 is 7.46. The largest absolute Gasteiger partial charge is 0.350 e. The lowest BCUT2D eigenvalue weighted by atomic mass is 10.2.